The molecule has 2 rings (SSSR count). The first-order valence-electron chi connectivity index (χ1n) is 4.54. The van der Waals surface area contributed by atoms with Crippen LogP contribution < -0.4 is 4.74 Å². The summed E-state index contributed by atoms with van der Waals surface area (Å²) in [6.07, 6.45) is 4.31. The van der Waals surface area contributed by atoms with Crippen LogP contribution in [0, 0.1) is 0 Å². The standard InChI is InChI=1S/C10H6Cl3N3O/c11-2-8-9(13)15-5-16-10(8)17-7-1-6(12)3-14-4-7/h1,3-5H,2H2. The van der Waals surface area contributed by atoms with E-state index in [1.165, 1.54) is 18.7 Å². The molecule has 2 aromatic heterocycles. The highest BCUT2D eigenvalue weighted by molar-refractivity contribution is 6.31. The van der Waals surface area contributed by atoms with E-state index >= 15 is 0 Å². The van der Waals surface area contributed by atoms with Gasteiger partial charge in [0.05, 0.1) is 22.7 Å². The number of rotatable bonds is 3. The Bertz CT molecular complexity index is 536. The van der Waals surface area contributed by atoms with Crippen LogP contribution >= 0.6 is 34.8 Å². The maximum atomic E-state index is 5.87. The number of ether oxygens (including phenoxy) is 1. The molecule has 4 nitrogen and oxygen atoms in total. The van der Waals surface area contributed by atoms with E-state index in [9.17, 15) is 0 Å². The second kappa shape index (κ2) is 5.49. The minimum Gasteiger partial charge on any atom is -0.437 e. The monoisotopic (exact) mass is 289 g/mol. The lowest BCUT2D eigenvalue weighted by Crippen LogP contribution is -1.96. The molecule has 2 heterocycles. The molecule has 0 bridgehead atoms. The fraction of sp³-hybridized carbons (Fsp3) is 0.100. The first-order valence-corrected chi connectivity index (χ1v) is 5.83. The van der Waals surface area contributed by atoms with Gasteiger partial charge in [-0.1, -0.05) is 23.2 Å². The summed E-state index contributed by atoms with van der Waals surface area (Å²) in [5, 5.41) is 0.732. The van der Waals surface area contributed by atoms with Crippen molar-refractivity contribution in [2.45, 2.75) is 5.88 Å². The summed E-state index contributed by atoms with van der Waals surface area (Å²) in [5.74, 6) is 0.908. The third kappa shape index (κ3) is 2.97. The van der Waals surface area contributed by atoms with E-state index in [0.717, 1.165) is 0 Å². The molecule has 0 radical (unpaired) electrons. The molecular formula is C10H6Cl3N3O. The van der Waals surface area contributed by atoms with Gasteiger partial charge in [0.25, 0.3) is 0 Å². The zero-order chi connectivity index (χ0) is 12.3. The van der Waals surface area contributed by atoms with E-state index in [4.69, 9.17) is 39.5 Å². The minimum absolute atomic E-state index is 0.156. The Hall–Kier alpha value is -1.10. The fourth-order valence-electron chi connectivity index (χ4n) is 1.14. The molecular weight excluding hydrogens is 284 g/mol. The Morgan fingerprint density at radius 1 is 1.18 bits per heavy atom. The van der Waals surface area contributed by atoms with Gasteiger partial charge < -0.3 is 4.74 Å². The van der Waals surface area contributed by atoms with Crippen LogP contribution in [0.1, 0.15) is 5.56 Å². The normalized spacial score (nSPS) is 10.3. The third-order valence-corrected chi connectivity index (χ3v) is 2.68. The Morgan fingerprint density at radius 3 is 2.71 bits per heavy atom. The van der Waals surface area contributed by atoms with Crippen LogP contribution in [0.25, 0.3) is 0 Å². The SMILES string of the molecule is ClCc1c(Cl)ncnc1Oc1cncc(Cl)c1. The van der Waals surface area contributed by atoms with Crippen LogP contribution in [0.2, 0.25) is 10.2 Å². The van der Waals surface area contributed by atoms with Crippen molar-refractivity contribution in [1.82, 2.24) is 15.0 Å². The van der Waals surface area contributed by atoms with Crippen LogP contribution in [-0.4, -0.2) is 15.0 Å². The van der Waals surface area contributed by atoms with Crippen molar-refractivity contribution in [3.8, 4) is 11.6 Å². The largest absolute Gasteiger partial charge is 0.437 e. The number of nitrogens with zero attached hydrogens (tertiary/aromatic N) is 3. The van der Waals surface area contributed by atoms with Gasteiger partial charge in [0.2, 0.25) is 5.88 Å². The summed E-state index contributed by atoms with van der Waals surface area (Å²) in [6, 6.07) is 1.61. The van der Waals surface area contributed by atoms with Crippen molar-refractivity contribution in [3.63, 3.8) is 0 Å². The second-order valence-corrected chi connectivity index (χ2v) is 4.08. The van der Waals surface area contributed by atoms with Gasteiger partial charge in [-0.2, -0.15) is 0 Å². The number of hydrogen-bond donors (Lipinski definition) is 0. The zero-order valence-corrected chi connectivity index (χ0v) is 10.7. The smallest absolute Gasteiger partial charge is 0.228 e. The van der Waals surface area contributed by atoms with Gasteiger partial charge in [0.1, 0.15) is 17.2 Å². The maximum Gasteiger partial charge on any atom is 0.228 e. The van der Waals surface area contributed by atoms with Crippen LogP contribution in [0.15, 0.2) is 24.8 Å². The quantitative estimate of drug-likeness (QED) is 0.638. The average molecular weight is 291 g/mol. The minimum atomic E-state index is 0.156. The van der Waals surface area contributed by atoms with E-state index < -0.39 is 0 Å². The topological polar surface area (TPSA) is 47.9 Å². The number of pyridine rings is 1. The van der Waals surface area contributed by atoms with E-state index in [1.807, 2.05) is 0 Å². The molecule has 0 fully saturated rings. The summed E-state index contributed by atoms with van der Waals surface area (Å²) < 4.78 is 5.50. The van der Waals surface area contributed by atoms with E-state index in [2.05, 4.69) is 15.0 Å². The van der Waals surface area contributed by atoms with Crippen molar-refractivity contribution < 1.29 is 4.74 Å². The van der Waals surface area contributed by atoms with Gasteiger partial charge in [-0.05, 0) is 0 Å². The summed E-state index contributed by atoms with van der Waals surface area (Å²) >= 11 is 17.4. The van der Waals surface area contributed by atoms with Crippen molar-refractivity contribution in [2.24, 2.45) is 0 Å². The lowest BCUT2D eigenvalue weighted by molar-refractivity contribution is 0.454. The van der Waals surface area contributed by atoms with Crippen LogP contribution in [0.3, 0.4) is 0 Å². The van der Waals surface area contributed by atoms with Crippen molar-refractivity contribution in [3.05, 3.63) is 40.5 Å². The van der Waals surface area contributed by atoms with E-state index in [-0.39, 0.29) is 11.0 Å². The van der Waals surface area contributed by atoms with Gasteiger partial charge in [-0.3, -0.25) is 4.98 Å². The summed E-state index contributed by atoms with van der Waals surface area (Å²) in [5.41, 5.74) is 0.524. The average Bonchev–Trinajstić information content (AvgIpc) is 2.29. The summed E-state index contributed by atoms with van der Waals surface area (Å²) in [6.45, 7) is 0. The molecule has 0 atom stereocenters. The molecule has 0 aliphatic carbocycles. The van der Waals surface area contributed by atoms with Gasteiger partial charge in [0, 0.05) is 12.3 Å². The molecule has 0 unspecified atom stereocenters. The van der Waals surface area contributed by atoms with Gasteiger partial charge in [-0.25, -0.2) is 9.97 Å². The van der Waals surface area contributed by atoms with Gasteiger partial charge in [-0.15, -0.1) is 11.6 Å². The molecule has 0 aromatic carbocycles. The number of aromatic nitrogens is 3. The second-order valence-electron chi connectivity index (χ2n) is 3.02. The highest BCUT2D eigenvalue weighted by Gasteiger charge is 2.11. The molecule has 0 aliphatic heterocycles. The van der Waals surface area contributed by atoms with E-state index in [1.54, 1.807) is 6.07 Å². The zero-order valence-electron chi connectivity index (χ0n) is 8.40. The summed E-state index contributed by atoms with van der Waals surface area (Å²) in [7, 11) is 0. The van der Waals surface area contributed by atoms with Crippen molar-refractivity contribution in [1.29, 1.82) is 0 Å². The van der Waals surface area contributed by atoms with Crippen LogP contribution in [0.4, 0.5) is 0 Å². The Kier molecular flexibility index (Phi) is 3.99. The molecule has 7 heteroatoms. The van der Waals surface area contributed by atoms with Gasteiger partial charge in [0.15, 0.2) is 0 Å². The van der Waals surface area contributed by atoms with Crippen molar-refractivity contribution in [2.75, 3.05) is 0 Å². The number of alkyl halides is 1. The lowest BCUT2D eigenvalue weighted by atomic mass is 10.3. The molecule has 0 aliphatic rings. The third-order valence-electron chi connectivity index (χ3n) is 1.88. The molecule has 2 aromatic rings. The van der Waals surface area contributed by atoms with Crippen LogP contribution in [0.5, 0.6) is 11.6 Å². The van der Waals surface area contributed by atoms with E-state index in [0.29, 0.717) is 22.2 Å². The number of halogens is 3. The number of hydrogen-bond acceptors (Lipinski definition) is 4. The Morgan fingerprint density at radius 2 is 2.00 bits per heavy atom. The molecule has 0 saturated carbocycles. The molecule has 0 spiro atoms. The first kappa shape index (κ1) is 12.4. The lowest BCUT2D eigenvalue weighted by Gasteiger charge is -2.08. The predicted molar refractivity (Wildman–Crippen MR) is 65.9 cm³/mol. The Labute approximate surface area is 113 Å². The van der Waals surface area contributed by atoms with Crippen molar-refractivity contribution >= 4 is 34.8 Å². The highest BCUT2D eigenvalue weighted by atomic mass is 35.5. The fourth-order valence-corrected chi connectivity index (χ4v) is 1.80. The predicted octanol–water partition coefficient (Wildman–Crippen LogP) is 3.71. The maximum absolute atomic E-state index is 5.87. The first-order chi connectivity index (χ1) is 8.20. The molecule has 17 heavy (non-hydrogen) atoms. The molecule has 0 N–H and O–H groups in total. The van der Waals surface area contributed by atoms with Gasteiger partial charge >= 0.3 is 0 Å². The van der Waals surface area contributed by atoms with Crippen LogP contribution in [-0.2, 0) is 5.88 Å². The summed E-state index contributed by atoms with van der Waals surface area (Å²) in [4.78, 5) is 11.7. The highest BCUT2D eigenvalue weighted by Crippen LogP contribution is 2.28. The molecule has 0 amide bonds. The molecule has 0 saturated heterocycles. The Balaban J connectivity index is 2.33. The molecule has 88 valence electrons.